The minimum atomic E-state index is -1.13. The first-order valence-corrected chi connectivity index (χ1v) is 8.18. The number of quaternary nitrogens is 1. The van der Waals surface area contributed by atoms with Crippen LogP contribution in [0.15, 0.2) is 0 Å². The lowest BCUT2D eigenvalue weighted by atomic mass is 10.0. The maximum atomic E-state index is 12.9. The Bertz CT molecular complexity index is 512. The summed E-state index contributed by atoms with van der Waals surface area (Å²) in [6.45, 7) is 3.33. The van der Waals surface area contributed by atoms with E-state index in [0.29, 0.717) is 6.54 Å². The zero-order valence-corrected chi connectivity index (χ0v) is 15.7. The SMILES string of the molecule is CC(=O)O[C@@H]1[C@@H](OC(C)=O)[C@H](OCC[N+](C)(C)CF)OC[C@@H]1OC(C)=O. The zero-order chi connectivity index (χ0) is 19.9. The Balaban J connectivity index is 2.90. The van der Waals surface area contributed by atoms with Crippen molar-refractivity contribution in [2.75, 3.05) is 40.7 Å². The minimum absolute atomic E-state index is 0.0778. The second-order valence-electron chi connectivity index (χ2n) is 6.65. The molecule has 1 fully saturated rings. The molecule has 150 valence electrons. The summed E-state index contributed by atoms with van der Waals surface area (Å²) in [5.74, 6) is -1.88. The van der Waals surface area contributed by atoms with E-state index in [0.717, 1.165) is 0 Å². The molecule has 0 aliphatic carbocycles. The second-order valence-corrected chi connectivity index (χ2v) is 6.65. The Morgan fingerprint density at radius 2 is 1.54 bits per heavy atom. The summed E-state index contributed by atoms with van der Waals surface area (Å²) < 4.78 is 39.5. The Labute approximate surface area is 151 Å². The van der Waals surface area contributed by atoms with Gasteiger partial charge in [0.2, 0.25) is 6.80 Å². The second kappa shape index (κ2) is 9.79. The Morgan fingerprint density at radius 3 is 2.04 bits per heavy atom. The number of rotatable bonds is 8. The molecule has 0 spiro atoms. The minimum Gasteiger partial charge on any atom is -0.456 e. The lowest BCUT2D eigenvalue weighted by molar-refractivity contribution is -0.903. The first kappa shape index (κ1) is 22.3. The van der Waals surface area contributed by atoms with Crippen LogP contribution in [0.2, 0.25) is 0 Å². The fourth-order valence-electron chi connectivity index (χ4n) is 2.33. The molecular formula is C16H27FNO8+. The summed E-state index contributed by atoms with van der Waals surface area (Å²) in [5.41, 5.74) is 0. The predicted octanol–water partition coefficient (Wildman–Crippen LogP) is 0.158. The van der Waals surface area contributed by atoms with Gasteiger partial charge in [-0.3, -0.25) is 14.4 Å². The van der Waals surface area contributed by atoms with Crippen LogP contribution in [-0.2, 0) is 38.1 Å². The molecule has 1 rings (SSSR count). The molecule has 0 saturated carbocycles. The van der Waals surface area contributed by atoms with Crippen LogP contribution in [0.1, 0.15) is 20.8 Å². The largest absolute Gasteiger partial charge is 0.456 e. The van der Waals surface area contributed by atoms with Crippen LogP contribution < -0.4 is 0 Å². The third kappa shape index (κ3) is 7.22. The first-order valence-electron chi connectivity index (χ1n) is 8.18. The molecule has 26 heavy (non-hydrogen) atoms. The number of likely N-dealkylation sites (N-methyl/N-ethyl adjacent to an activating group) is 1. The number of esters is 3. The van der Waals surface area contributed by atoms with Crippen LogP contribution in [0.5, 0.6) is 0 Å². The Kier molecular flexibility index (Phi) is 8.38. The van der Waals surface area contributed by atoms with Crippen LogP contribution in [0.4, 0.5) is 4.39 Å². The molecule has 0 bridgehead atoms. The molecule has 0 aromatic rings. The third-order valence-corrected chi connectivity index (χ3v) is 3.61. The van der Waals surface area contributed by atoms with Crippen molar-refractivity contribution in [3.8, 4) is 0 Å². The summed E-state index contributed by atoms with van der Waals surface area (Å²) in [7, 11) is 3.38. The van der Waals surface area contributed by atoms with E-state index < -0.39 is 49.3 Å². The summed E-state index contributed by atoms with van der Waals surface area (Å²) in [6.07, 6.45) is -4.20. The van der Waals surface area contributed by atoms with Crippen molar-refractivity contribution in [2.45, 2.75) is 45.4 Å². The van der Waals surface area contributed by atoms with Crippen LogP contribution in [0.25, 0.3) is 0 Å². The number of alkyl halides is 1. The smallest absolute Gasteiger partial charge is 0.303 e. The van der Waals surface area contributed by atoms with E-state index in [1.807, 2.05) is 0 Å². The van der Waals surface area contributed by atoms with Crippen LogP contribution in [0, 0.1) is 0 Å². The van der Waals surface area contributed by atoms with Crippen molar-refractivity contribution in [3.63, 3.8) is 0 Å². The van der Waals surface area contributed by atoms with Crippen LogP contribution >= 0.6 is 0 Å². The molecule has 0 aromatic heterocycles. The van der Waals surface area contributed by atoms with Gasteiger partial charge in [-0.2, -0.15) is 4.39 Å². The van der Waals surface area contributed by atoms with Crippen molar-refractivity contribution in [2.24, 2.45) is 0 Å². The average Bonchev–Trinajstić information content (AvgIpc) is 2.51. The van der Waals surface area contributed by atoms with Gasteiger partial charge in [0, 0.05) is 20.8 Å². The number of ether oxygens (including phenoxy) is 5. The van der Waals surface area contributed by atoms with Crippen LogP contribution in [-0.4, -0.2) is 87.6 Å². The maximum Gasteiger partial charge on any atom is 0.303 e. The highest BCUT2D eigenvalue weighted by atomic mass is 19.1. The molecule has 4 atom stereocenters. The first-order chi connectivity index (χ1) is 12.1. The summed E-state index contributed by atoms with van der Waals surface area (Å²) in [5, 5.41) is 0. The van der Waals surface area contributed by atoms with E-state index in [2.05, 4.69) is 0 Å². The molecule has 9 nitrogen and oxygen atoms in total. The third-order valence-electron chi connectivity index (χ3n) is 3.61. The van der Waals surface area contributed by atoms with Gasteiger partial charge >= 0.3 is 17.9 Å². The molecule has 1 saturated heterocycles. The van der Waals surface area contributed by atoms with Gasteiger partial charge in [-0.1, -0.05) is 0 Å². The number of carbonyl (C=O) groups is 3. The lowest BCUT2D eigenvalue weighted by Gasteiger charge is -2.40. The molecule has 1 aliphatic heterocycles. The average molecular weight is 380 g/mol. The van der Waals surface area contributed by atoms with E-state index in [9.17, 15) is 18.8 Å². The molecule has 1 heterocycles. The van der Waals surface area contributed by atoms with Gasteiger partial charge < -0.3 is 28.2 Å². The summed E-state index contributed by atoms with van der Waals surface area (Å²) in [4.78, 5) is 34.2. The molecule has 0 radical (unpaired) electrons. The highest BCUT2D eigenvalue weighted by Crippen LogP contribution is 2.25. The Morgan fingerprint density at radius 1 is 1.00 bits per heavy atom. The summed E-state index contributed by atoms with van der Waals surface area (Å²) >= 11 is 0. The fourth-order valence-corrected chi connectivity index (χ4v) is 2.33. The van der Waals surface area contributed by atoms with Gasteiger partial charge in [0.1, 0.15) is 6.54 Å². The number of hydrogen-bond donors (Lipinski definition) is 0. The molecule has 1 aliphatic rings. The standard InChI is InChI=1S/C16H27FNO8/c1-10(19)24-13-8-23-16(22-7-6-18(4,5)9-17)15(26-12(3)21)14(13)25-11(2)20/h13-16H,6-9H2,1-5H3/q+1/t13-,14-,15+,16+/m0/s1. The van der Waals surface area contributed by atoms with Gasteiger partial charge in [-0.25, -0.2) is 0 Å². The topological polar surface area (TPSA) is 97.4 Å². The van der Waals surface area contributed by atoms with Crippen molar-refractivity contribution in [1.29, 1.82) is 0 Å². The molecule has 0 N–H and O–H groups in total. The molecule has 10 heteroatoms. The molecular weight excluding hydrogens is 353 g/mol. The molecule has 0 unspecified atom stereocenters. The van der Waals surface area contributed by atoms with Gasteiger partial charge in [-0.05, 0) is 0 Å². The molecule has 0 aromatic carbocycles. The highest BCUT2D eigenvalue weighted by Gasteiger charge is 2.47. The summed E-state index contributed by atoms with van der Waals surface area (Å²) in [6, 6.07) is 0. The van der Waals surface area contributed by atoms with Gasteiger partial charge in [-0.15, -0.1) is 0 Å². The van der Waals surface area contributed by atoms with Crippen molar-refractivity contribution in [1.82, 2.24) is 0 Å². The number of nitrogens with zero attached hydrogens (tertiary/aromatic N) is 1. The molecule has 0 amide bonds. The monoisotopic (exact) mass is 380 g/mol. The van der Waals surface area contributed by atoms with E-state index in [1.165, 1.54) is 20.8 Å². The highest BCUT2D eigenvalue weighted by molar-refractivity contribution is 5.68. The maximum absolute atomic E-state index is 12.9. The lowest BCUT2D eigenvalue weighted by Crippen LogP contribution is -2.58. The zero-order valence-electron chi connectivity index (χ0n) is 15.7. The van der Waals surface area contributed by atoms with E-state index in [1.54, 1.807) is 14.1 Å². The fraction of sp³-hybridized carbons (Fsp3) is 0.812. The predicted molar refractivity (Wildman–Crippen MR) is 85.3 cm³/mol. The van der Waals surface area contributed by atoms with Crippen molar-refractivity contribution in [3.05, 3.63) is 0 Å². The quantitative estimate of drug-likeness (QED) is 0.254. The van der Waals surface area contributed by atoms with E-state index in [-0.39, 0.29) is 17.7 Å². The number of carbonyl (C=O) groups excluding carboxylic acids is 3. The van der Waals surface area contributed by atoms with E-state index in [4.69, 9.17) is 23.7 Å². The van der Waals surface area contributed by atoms with Crippen LogP contribution in [0.3, 0.4) is 0 Å². The van der Waals surface area contributed by atoms with Crippen molar-refractivity contribution >= 4 is 17.9 Å². The normalized spacial score (nSPS) is 26.1. The number of halogens is 1. The van der Waals surface area contributed by atoms with E-state index >= 15 is 0 Å². The van der Waals surface area contributed by atoms with Gasteiger partial charge in [0.25, 0.3) is 0 Å². The number of hydrogen-bond acceptors (Lipinski definition) is 8. The van der Waals surface area contributed by atoms with Gasteiger partial charge in [0.15, 0.2) is 24.6 Å². The van der Waals surface area contributed by atoms with Gasteiger partial charge in [0.05, 0.1) is 27.3 Å². The Hall–Kier alpha value is -1.78. The van der Waals surface area contributed by atoms with Crippen molar-refractivity contribution < 1.29 is 46.9 Å².